The molecule has 0 saturated carbocycles. The van der Waals surface area contributed by atoms with Crippen molar-refractivity contribution in [1.82, 2.24) is 10.3 Å². The van der Waals surface area contributed by atoms with Crippen molar-refractivity contribution in [2.45, 2.75) is 25.8 Å². The van der Waals surface area contributed by atoms with Crippen molar-refractivity contribution in [2.75, 3.05) is 9.80 Å². The van der Waals surface area contributed by atoms with Gasteiger partial charge in [0.1, 0.15) is 0 Å². The summed E-state index contributed by atoms with van der Waals surface area (Å²) in [5, 5.41) is 3.58. The molecule has 29 heavy (non-hydrogen) atoms. The van der Waals surface area contributed by atoms with Gasteiger partial charge in [-0.05, 0) is 0 Å². The van der Waals surface area contributed by atoms with Gasteiger partial charge in [0.25, 0.3) is 0 Å². The number of aromatic nitrogens is 1. The molecule has 1 aliphatic rings. The van der Waals surface area contributed by atoms with Crippen molar-refractivity contribution < 1.29 is 9.59 Å². The van der Waals surface area contributed by atoms with Crippen molar-refractivity contribution >= 4 is 49.6 Å². The summed E-state index contributed by atoms with van der Waals surface area (Å²) in [7, 11) is 0. The predicted molar refractivity (Wildman–Crippen MR) is 117 cm³/mol. The van der Waals surface area contributed by atoms with E-state index in [9.17, 15) is 9.59 Å². The van der Waals surface area contributed by atoms with Gasteiger partial charge < -0.3 is 0 Å². The number of nitrogens with one attached hydrogen (secondary N) is 2. The third kappa shape index (κ3) is 3.67. The molecule has 0 aliphatic carbocycles. The Morgan fingerprint density at radius 1 is 1.21 bits per heavy atom. The third-order valence-electron chi connectivity index (χ3n) is 4.82. The first kappa shape index (κ1) is 19.3. The van der Waals surface area contributed by atoms with Crippen molar-refractivity contribution in [3.8, 4) is 0 Å². The van der Waals surface area contributed by atoms with Gasteiger partial charge in [0.15, 0.2) is 0 Å². The molecule has 2 heterocycles. The Balaban J connectivity index is 1.82. The molecule has 7 heteroatoms. The molecule has 4 rings (SSSR count). The van der Waals surface area contributed by atoms with Crippen LogP contribution in [0.4, 0.5) is 11.4 Å². The quantitative estimate of drug-likeness (QED) is 0.461. The van der Waals surface area contributed by atoms with E-state index < -0.39 is 0 Å². The number of H-pyrrole nitrogens is 1. The van der Waals surface area contributed by atoms with Crippen LogP contribution in [0, 0.1) is 13.8 Å². The molecule has 0 saturated heterocycles. The van der Waals surface area contributed by atoms with Crippen LogP contribution in [0.5, 0.6) is 0 Å². The number of aromatic amines is 1. The van der Waals surface area contributed by atoms with Crippen molar-refractivity contribution in [3.63, 3.8) is 0 Å². The van der Waals surface area contributed by atoms with Gasteiger partial charge in [-0.15, -0.1) is 0 Å². The molecule has 0 spiro atoms. The average Bonchev–Trinajstić information content (AvgIpc) is 3.27. The summed E-state index contributed by atoms with van der Waals surface area (Å²) in [5.74, 6) is -0.0447. The number of benzene rings is 2. The molecule has 2 N–H and O–H groups in total. The van der Waals surface area contributed by atoms with Gasteiger partial charge in [0.2, 0.25) is 0 Å². The number of aryl methyl sites for hydroxylation is 2. The van der Waals surface area contributed by atoms with E-state index in [2.05, 4.69) is 47.2 Å². The van der Waals surface area contributed by atoms with E-state index in [4.69, 9.17) is 0 Å². The Morgan fingerprint density at radius 2 is 1.93 bits per heavy atom. The first-order valence-corrected chi connectivity index (χ1v) is 11.1. The van der Waals surface area contributed by atoms with Crippen LogP contribution in [-0.4, -0.2) is 37.3 Å². The summed E-state index contributed by atoms with van der Waals surface area (Å²) in [6.07, 6.45) is 4.52. The SMILES string of the molecule is CC(=O)N(c1c[nH]c2ccccc12)C1[Se]C(NC=O)=CN1c1cc(C)cc(C)c1. The maximum atomic E-state index is 12.8. The van der Waals surface area contributed by atoms with E-state index >= 15 is 0 Å². The van der Waals surface area contributed by atoms with Crippen molar-refractivity contribution in [2.24, 2.45) is 0 Å². The van der Waals surface area contributed by atoms with E-state index in [0.717, 1.165) is 38.0 Å². The Hall–Kier alpha value is -3.02. The van der Waals surface area contributed by atoms with E-state index in [0.29, 0.717) is 6.41 Å². The van der Waals surface area contributed by atoms with Crippen LogP contribution in [0.25, 0.3) is 10.9 Å². The molecule has 1 aliphatic heterocycles. The fourth-order valence-corrected chi connectivity index (χ4v) is 6.18. The van der Waals surface area contributed by atoms with E-state index in [1.165, 1.54) is 0 Å². The van der Waals surface area contributed by atoms with Crippen LogP contribution in [0.3, 0.4) is 0 Å². The minimum atomic E-state index is -0.220. The standard InChI is InChI=1S/C22H22N4O2Se/c1-14-8-15(2)10-17(9-14)25-12-21(24-13-27)29-22(25)26(16(3)28)20-11-23-19-7-5-4-6-18(19)20/h4-13,22-23H,1-3H3,(H,24,27). The van der Waals surface area contributed by atoms with Crippen LogP contribution >= 0.6 is 0 Å². The fraction of sp³-hybridized carbons (Fsp3) is 0.182. The number of nitrogens with zero attached hydrogens (tertiary/aromatic N) is 2. The maximum absolute atomic E-state index is 12.8. The number of hydrogen-bond donors (Lipinski definition) is 2. The molecule has 148 valence electrons. The summed E-state index contributed by atoms with van der Waals surface area (Å²) in [5.41, 5.74) is 5.13. The summed E-state index contributed by atoms with van der Waals surface area (Å²) >= 11 is -0.164. The number of fused-ring (bicyclic) bond motifs is 1. The summed E-state index contributed by atoms with van der Waals surface area (Å²) < 4.78 is 0.836. The van der Waals surface area contributed by atoms with Crippen molar-refractivity contribution in [3.05, 3.63) is 70.6 Å². The monoisotopic (exact) mass is 454 g/mol. The van der Waals surface area contributed by atoms with E-state index in [1.807, 2.05) is 41.6 Å². The summed E-state index contributed by atoms with van der Waals surface area (Å²) in [6.45, 7) is 5.70. The second-order valence-electron chi connectivity index (χ2n) is 7.06. The number of anilines is 2. The van der Waals surface area contributed by atoms with Gasteiger partial charge in [0.05, 0.1) is 0 Å². The normalized spacial score (nSPS) is 16.0. The molecular weight excluding hydrogens is 431 g/mol. The molecule has 6 nitrogen and oxygen atoms in total. The number of rotatable bonds is 5. The predicted octanol–water partition coefficient (Wildman–Crippen LogP) is 3.19. The molecule has 0 bridgehead atoms. The van der Waals surface area contributed by atoms with Gasteiger partial charge >= 0.3 is 176 Å². The van der Waals surface area contributed by atoms with Gasteiger partial charge in [-0.25, -0.2) is 0 Å². The number of carbonyl (C=O) groups excluding carboxylic acids is 2. The number of carbonyl (C=O) groups is 2. The van der Waals surface area contributed by atoms with Crippen LogP contribution in [-0.2, 0) is 9.59 Å². The molecule has 2 amide bonds. The topological polar surface area (TPSA) is 68.4 Å². The molecule has 0 fully saturated rings. The van der Waals surface area contributed by atoms with Crippen molar-refractivity contribution in [1.29, 1.82) is 0 Å². The number of para-hydroxylation sites is 1. The van der Waals surface area contributed by atoms with E-state index in [1.54, 1.807) is 6.92 Å². The molecular formula is C22H22N4O2Se. The Labute approximate surface area is 175 Å². The molecule has 0 radical (unpaired) electrons. The molecule has 2 aromatic carbocycles. The molecule has 3 aromatic rings. The first-order chi connectivity index (χ1) is 14.0. The van der Waals surface area contributed by atoms with Gasteiger partial charge in [0, 0.05) is 0 Å². The Bertz CT molecular complexity index is 1100. The van der Waals surface area contributed by atoms with Gasteiger partial charge in [-0.3, -0.25) is 0 Å². The minimum absolute atomic E-state index is 0.0447. The third-order valence-corrected chi connectivity index (χ3v) is 7.18. The Kier molecular flexibility index (Phi) is 5.18. The molecule has 1 atom stereocenters. The average molecular weight is 453 g/mol. The van der Waals surface area contributed by atoms with Gasteiger partial charge in [-0.1, -0.05) is 0 Å². The van der Waals surface area contributed by atoms with Crippen LogP contribution in [0.15, 0.2) is 59.5 Å². The second kappa shape index (κ2) is 7.78. The van der Waals surface area contributed by atoms with Crippen LogP contribution in [0.1, 0.15) is 18.1 Å². The molecule has 1 unspecified atom stereocenters. The fourth-order valence-electron chi connectivity index (χ4n) is 3.70. The van der Waals surface area contributed by atoms with Gasteiger partial charge in [-0.2, -0.15) is 0 Å². The number of amides is 2. The Morgan fingerprint density at radius 3 is 2.62 bits per heavy atom. The zero-order valence-electron chi connectivity index (χ0n) is 16.5. The first-order valence-electron chi connectivity index (χ1n) is 9.29. The number of hydrogen-bond acceptors (Lipinski definition) is 3. The zero-order valence-corrected chi connectivity index (χ0v) is 18.2. The van der Waals surface area contributed by atoms with E-state index in [-0.39, 0.29) is 25.9 Å². The van der Waals surface area contributed by atoms with Crippen LogP contribution < -0.4 is 15.1 Å². The molecule has 1 aromatic heterocycles. The van der Waals surface area contributed by atoms with Crippen LogP contribution in [0.2, 0.25) is 0 Å². The second-order valence-corrected chi connectivity index (χ2v) is 9.36. The summed E-state index contributed by atoms with van der Waals surface area (Å²) in [6, 6.07) is 14.3. The summed E-state index contributed by atoms with van der Waals surface area (Å²) in [4.78, 5) is 31.1. The zero-order chi connectivity index (χ0) is 20.5.